The summed E-state index contributed by atoms with van der Waals surface area (Å²) in [6.07, 6.45) is 0. The highest BCUT2D eigenvalue weighted by atomic mass is 79.9. The molecule has 0 radical (unpaired) electrons. The number of benzene rings is 2. The molecular formula is C17H21BrN2. The van der Waals surface area contributed by atoms with Crippen molar-refractivity contribution in [3.05, 3.63) is 58.1 Å². The van der Waals surface area contributed by atoms with Crippen molar-refractivity contribution in [1.82, 2.24) is 0 Å². The number of aryl methyl sites for hydroxylation is 2. The molecule has 0 aromatic heterocycles. The number of nitrogens with one attached hydrogen (secondary N) is 1. The van der Waals surface area contributed by atoms with Crippen molar-refractivity contribution in [3.8, 4) is 0 Å². The van der Waals surface area contributed by atoms with E-state index in [1.54, 1.807) is 0 Å². The van der Waals surface area contributed by atoms with Gasteiger partial charge in [-0.05, 0) is 55.3 Å². The van der Waals surface area contributed by atoms with Gasteiger partial charge in [0.15, 0.2) is 0 Å². The third-order valence-corrected chi connectivity index (χ3v) is 3.74. The maximum Gasteiger partial charge on any atom is 0.0369 e. The molecule has 0 saturated carbocycles. The smallest absolute Gasteiger partial charge is 0.0369 e. The lowest BCUT2D eigenvalue weighted by atomic mass is 10.1. The molecule has 1 N–H and O–H groups in total. The first-order valence-corrected chi connectivity index (χ1v) is 7.63. The second-order valence-electron chi connectivity index (χ2n) is 5.20. The molecule has 2 rings (SSSR count). The van der Waals surface area contributed by atoms with Gasteiger partial charge >= 0.3 is 0 Å². The Bertz CT molecular complexity index is 561. The molecule has 0 bridgehead atoms. The first-order chi connectivity index (χ1) is 9.54. The van der Waals surface area contributed by atoms with E-state index < -0.39 is 0 Å². The number of hydrogen-bond donors (Lipinski definition) is 1. The molecule has 0 aliphatic carbocycles. The molecule has 0 fully saturated rings. The van der Waals surface area contributed by atoms with Crippen molar-refractivity contribution in [2.45, 2.75) is 13.8 Å². The lowest BCUT2D eigenvalue weighted by Gasteiger charge is -2.21. The SMILES string of the molecule is Cc1cc(C)cc(N(C)CCNc2cccc(Br)c2)c1. The van der Waals surface area contributed by atoms with E-state index in [0.29, 0.717) is 0 Å². The van der Waals surface area contributed by atoms with E-state index in [9.17, 15) is 0 Å². The molecule has 0 aliphatic heterocycles. The summed E-state index contributed by atoms with van der Waals surface area (Å²) in [4.78, 5) is 2.28. The van der Waals surface area contributed by atoms with Crippen LogP contribution in [0.25, 0.3) is 0 Å². The first kappa shape index (κ1) is 14.9. The van der Waals surface area contributed by atoms with Crippen LogP contribution in [-0.2, 0) is 0 Å². The lowest BCUT2D eigenvalue weighted by Crippen LogP contribution is -2.24. The molecule has 2 aromatic carbocycles. The summed E-state index contributed by atoms with van der Waals surface area (Å²) in [6.45, 7) is 6.17. The van der Waals surface area contributed by atoms with Gasteiger partial charge in [0.2, 0.25) is 0 Å². The summed E-state index contributed by atoms with van der Waals surface area (Å²) in [7, 11) is 2.14. The molecule has 0 saturated heterocycles. The number of likely N-dealkylation sites (N-methyl/N-ethyl adjacent to an activating group) is 1. The third kappa shape index (κ3) is 4.27. The number of anilines is 2. The predicted octanol–water partition coefficient (Wildman–Crippen LogP) is 4.61. The zero-order chi connectivity index (χ0) is 14.5. The summed E-state index contributed by atoms with van der Waals surface area (Å²) in [5.74, 6) is 0. The second kappa shape index (κ2) is 6.80. The third-order valence-electron chi connectivity index (χ3n) is 3.25. The van der Waals surface area contributed by atoms with Crippen LogP contribution in [0.1, 0.15) is 11.1 Å². The van der Waals surface area contributed by atoms with Crippen LogP contribution in [0, 0.1) is 13.8 Å². The topological polar surface area (TPSA) is 15.3 Å². The highest BCUT2D eigenvalue weighted by Gasteiger charge is 2.02. The monoisotopic (exact) mass is 332 g/mol. The fraction of sp³-hybridized carbons (Fsp3) is 0.294. The zero-order valence-corrected chi connectivity index (χ0v) is 13.9. The summed E-state index contributed by atoms with van der Waals surface area (Å²) in [6, 6.07) is 14.9. The molecular weight excluding hydrogens is 312 g/mol. The number of hydrogen-bond acceptors (Lipinski definition) is 2. The van der Waals surface area contributed by atoms with Crippen LogP contribution in [0.3, 0.4) is 0 Å². The van der Waals surface area contributed by atoms with E-state index in [2.05, 4.69) is 77.4 Å². The van der Waals surface area contributed by atoms with Gasteiger partial charge in [-0.15, -0.1) is 0 Å². The van der Waals surface area contributed by atoms with E-state index in [-0.39, 0.29) is 0 Å². The minimum atomic E-state index is 0.917. The molecule has 0 amide bonds. The van der Waals surface area contributed by atoms with Gasteiger partial charge in [0, 0.05) is 36.0 Å². The summed E-state index contributed by atoms with van der Waals surface area (Å²) < 4.78 is 1.10. The highest BCUT2D eigenvalue weighted by molar-refractivity contribution is 9.10. The Kier molecular flexibility index (Phi) is 5.07. The molecule has 3 heteroatoms. The zero-order valence-electron chi connectivity index (χ0n) is 12.3. The number of nitrogens with zero attached hydrogens (tertiary/aromatic N) is 1. The van der Waals surface area contributed by atoms with E-state index in [4.69, 9.17) is 0 Å². The van der Waals surface area contributed by atoms with Crippen LogP contribution < -0.4 is 10.2 Å². The van der Waals surface area contributed by atoms with Crippen molar-refractivity contribution in [1.29, 1.82) is 0 Å². The van der Waals surface area contributed by atoms with Crippen molar-refractivity contribution >= 4 is 27.3 Å². The highest BCUT2D eigenvalue weighted by Crippen LogP contribution is 2.18. The molecule has 0 spiro atoms. The molecule has 106 valence electrons. The van der Waals surface area contributed by atoms with Crippen LogP contribution in [0.5, 0.6) is 0 Å². The minimum absolute atomic E-state index is 0.917. The quantitative estimate of drug-likeness (QED) is 0.859. The van der Waals surface area contributed by atoms with Crippen LogP contribution in [0.4, 0.5) is 11.4 Å². The predicted molar refractivity (Wildman–Crippen MR) is 91.8 cm³/mol. The molecule has 0 heterocycles. The van der Waals surface area contributed by atoms with Crippen molar-refractivity contribution in [2.75, 3.05) is 30.4 Å². The summed E-state index contributed by atoms with van der Waals surface area (Å²) in [5.41, 5.74) is 5.05. The van der Waals surface area contributed by atoms with E-state index in [1.165, 1.54) is 16.8 Å². The number of halogens is 1. The molecule has 2 nitrogen and oxygen atoms in total. The van der Waals surface area contributed by atoms with Gasteiger partial charge in [-0.1, -0.05) is 28.1 Å². The van der Waals surface area contributed by atoms with Crippen LogP contribution in [0.2, 0.25) is 0 Å². The van der Waals surface area contributed by atoms with E-state index in [1.807, 2.05) is 12.1 Å². The lowest BCUT2D eigenvalue weighted by molar-refractivity contribution is 0.913. The van der Waals surface area contributed by atoms with Crippen LogP contribution >= 0.6 is 15.9 Å². The molecule has 0 atom stereocenters. The summed E-state index contributed by atoms with van der Waals surface area (Å²) in [5, 5.41) is 3.44. The number of rotatable bonds is 5. The molecule has 0 unspecified atom stereocenters. The standard InChI is InChI=1S/C17H21BrN2/c1-13-9-14(2)11-17(10-13)20(3)8-7-19-16-6-4-5-15(18)12-16/h4-6,9-12,19H,7-8H2,1-3H3. The fourth-order valence-electron chi connectivity index (χ4n) is 2.27. The van der Waals surface area contributed by atoms with Crippen molar-refractivity contribution < 1.29 is 0 Å². The van der Waals surface area contributed by atoms with Crippen molar-refractivity contribution in [3.63, 3.8) is 0 Å². The first-order valence-electron chi connectivity index (χ1n) is 6.83. The second-order valence-corrected chi connectivity index (χ2v) is 6.12. The van der Waals surface area contributed by atoms with Gasteiger partial charge in [0.1, 0.15) is 0 Å². The molecule has 0 aliphatic rings. The maximum atomic E-state index is 3.49. The Balaban J connectivity index is 1.90. The van der Waals surface area contributed by atoms with Gasteiger partial charge in [-0.2, -0.15) is 0 Å². The van der Waals surface area contributed by atoms with Gasteiger partial charge in [0.25, 0.3) is 0 Å². The van der Waals surface area contributed by atoms with Gasteiger partial charge in [0.05, 0.1) is 0 Å². The maximum absolute atomic E-state index is 3.49. The molecule has 2 aromatic rings. The Morgan fingerprint density at radius 2 is 1.75 bits per heavy atom. The van der Waals surface area contributed by atoms with E-state index >= 15 is 0 Å². The fourth-order valence-corrected chi connectivity index (χ4v) is 2.67. The average Bonchev–Trinajstić information content (AvgIpc) is 2.37. The van der Waals surface area contributed by atoms with E-state index in [0.717, 1.165) is 23.2 Å². The normalized spacial score (nSPS) is 10.4. The van der Waals surface area contributed by atoms with Gasteiger partial charge in [-0.3, -0.25) is 0 Å². The van der Waals surface area contributed by atoms with Crippen LogP contribution in [0.15, 0.2) is 46.9 Å². The summed E-state index contributed by atoms with van der Waals surface area (Å²) >= 11 is 3.49. The Hall–Kier alpha value is -1.48. The van der Waals surface area contributed by atoms with Crippen LogP contribution in [-0.4, -0.2) is 20.1 Å². The van der Waals surface area contributed by atoms with Crippen molar-refractivity contribution in [2.24, 2.45) is 0 Å². The average molecular weight is 333 g/mol. The largest absolute Gasteiger partial charge is 0.383 e. The minimum Gasteiger partial charge on any atom is -0.383 e. The Morgan fingerprint density at radius 1 is 1.05 bits per heavy atom. The van der Waals surface area contributed by atoms with Gasteiger partial charge in [-0.25, -0.2) is 0 Å². The molecule has 20 heavy (non-hydrogen) atoms. The Morgan fingerprint density at radius 3 is 2.40 bits per heavy atom. The van der Waals surface area contributed by atoms with Gasteiger partial charge < -0.3 is 10.2 Å². The Labute approximate surface area is 129 Å².